The quantitative estimate of drug-likeness (QED) is 0.233. The third-order valence-electron chi connectivity index (χ3n) is 5.61. The predicted molar refractivity (Wildman–Crippen MR) is 132 cm³/mol. The van der Waals surface area contributed by atoms with Gasteiger partial charge in [0.05, 0.1) is 31.0 Å². The van der Waals surface area contributed by atoms with Gasteiger partial charge < -0.3 is 19.1 Å². The summed E-state index contributed by atoms with van der Waals surface area (Å²) in [5, 5.41) is 10.7. The Kier molecular flexibility index (Phi) is 9.53. The van der Waals surface area contributed by atoms with Crippen molar-refractivity contribution in [3.05, 3.63) is 63.2 Å². The summed E-state index contributed by atoms with van der Waals surface area (Å²) in [5.74, 6) is -2.77. The Hall–Kier alpha value is -2.57. The second kappa shape index (κ2) is 12.1. The molecule has 0 amide bonds. The van der Waals surface area contributed by atoms with Crippen LogP contribution in [0, 0.1) is 11.7 Å². The van der Waals surface area contributed by atoms with Crippen molar-refractivity contribution < 1.29 is 41.8 Å². The number of rotatable bonds is 11. The van der Waals surface area contributed by atoms with E-state index in [1.165, 1.54) is 19.1 Å². The lowest BCUT2D eigenvalue weighted by atomic mass is 10.00. The van der Waals surface area contributed by atoms with Crippen LogP contribution in [0.15, 0.2) is 46.1 Å². The number of carbonyl (C=O) groups is 1. The van der Waals surface area contributed by atoms with Crippen molar-refractivity contribution in [3.63, 3.8) is 0 Å². The molecule has 1 aliphatic heterocycles. The van der Waals surface area contributed by atoms with E-state index in [-0.39, 0.29) is 5.75 Å². The Morgan fingerprint density at radius 2 is 1.95 bits per heavy atom. The lowest BCUT2D eigenvalue weighted by Gasteiger charge is -2.27. The number of H-pyrrole nitrogens is 1. The molecule has 2 N–H and O–H groups in total. The second-order valence-electron chi connectivity index (χ2n) is 9.06. The van der Waals surface area contributed by atoms with Gasteiger partial charge in [0.25, 0.3) is 5.56 Å². The summed E-state index contributed by atoms with van der Waals surface area (Å²) in [6.45, 7) is 2.66. The van der Waals surface area contributed by atoms with E-state index in [9.17, 15) is 32.8 Å². The van der Waals surface area contributed by atoms with E-state index < -0.39 is 85.4 Å². The smallest absolute Gasteiger partial charge is 0.380 e. The highest BCUT2D eigenvalue weighted by molar-refractivity contribution is 7.54. The monoisotopic (exact) mass is 580 g/mol. The average molecular weight is 581 g/mol. The molecule has 1 aromatic heterocycles. The van der Waals surface area contributed by atoms with E-state index in [0.29, 0.717) is 10.8 Å². The van der Waals surface area contributed by atoms with Crippen molar-refractivity contribution in [1.29, 1.82) is 0 Å². The molecule has 1 aromatic carbocycles. The zero-order valence-corrected chi connectivity index (χ0v) is 22.4. The number of nitrogens with one attached hydrogen (secondary N) is 1. The van der Waals surface area contributed by atoms with E-state index >= 15 is 0 Å². The third-order valence-corrected chi connectivity index (χ3v) is 8.15. The molecule has 6 atom stereocenters. The van der Waals surface area contributed by atoms with Crippen LogP contribution >= 0.6 is 19.2 Å². The first kappa shape index (κ1) is 30.0. The molecule has 1 aliphatic rings. The lowest BCUT2D eigenvalue weighted by Crippen LogP contribution is -2.47. The van der Waals surface area contributed by atoms with Crippen LogP contribution in [0.25, 0.3) is 0 Å². The molecule has 2 aromatic rings. The van der Waals surface area contributed by atoms with Crippen molar-refractivity contribution in [1.82, 2.24) is 9.55 Å². The van der Waals surface area contributed by atoms with E-state index in [1.807, 2.05) is 0 Å². The van der Waals surface area contributed by atoms with Crippen molar-refractivity contribution in [2.45, 2.75) is 50.2 Å². The number of aliphatic hydroxyl groups is 1. The van der Waals surface area contributed by atoms with Crippen LogP contribution in [-0.4, -0.2) is 63.3 Å². The molecule has 0 spiro atoms. The number of ether oxygens (including phenoxy) is 2. The van der Waals surface area contributed by atoms with Crippen LogP contribution in [0.3, 0.4) is 0 Å². The molecule has 0 aliphatic carbocycles. The number of carbonyl (C=O) groups excluding carboxylic acids is 1. The molecule has 0 bridgehead atoms. The summed E-state index contributed by atoms with van der Waals surface area (Å²) >= 11 is 6.28. The van der Waals surface area contributed by atoms with Gasteiger partial charge in [-0.05, 0) is 26.0 Å². The Morgan fingerprint density at radius 1 is 1.29 bits per heavy atom. The van der Waals surface area contributed by atoms with E-state index in [2.05, 4.69) is 0 Å². The van der Waals surface area contributed by atoms with Crippen LogP contribution in [0.1, 0.15) is 27.0 Å². The van der Waals surface area contributed by atoms with Crippen LogP contribution in [0.2, 0.25) is 0 Å². The standard InChI is InChI=1S/C23H28ClF2N2O9P/c1-13(2)35-20(31)14(3)11-38(33,37-15-7-5-4-6-8-15)34-10-17-18(29)23(24,12-25)21(36-17)28-9-16(26)19(30)27-22(28)32/h4-9,13-14,17-18,21,29H,10-12H2,1-3H3,(H,27,30,32)/t14-,17-,18+,21-,23?,38-/m1/s1. The minimum atomic E-state index is -4.14. The number of nitrogens with zero attached hydrogens (tertiary/aromatic N) is 1. The van der Waals surface area contributed by atoms with Crippen molar-refractivity contribution >= 4 is 25.2 Å². The maximum Gasteiger partial charge on any atom is 0.380 e. The summed E-state index contributed by atoms with van der Waals surface area (Å²) in [6.07, 6.45) is -5.45. The number of halogens is 3. The van der Waals surface area contributed by atoms with Gasteiger partial charge in [-0.25, -0.2) is 13.8 Å². The fraction of sp³-hybridized carbons (Fsp3) is 0.522. The highest BCUT2D eigenvalue weighted by atomic mass is 35.5. The topological polar surface area (TPSA) is 146 Å². The number of hydrogen-bond acceptors (Lipinski definition) is 9. The number of aliphatic hydroxyl groups excluding tert-OH is 1. The third kappa shape index (κ3) is 6.70. The molecule has 0 radical (unpaired) electrons. The normalized spacial score (nSPS) is 25.6. The van der Waals surface area contributed by atoms with E-state index in [0.717, 1.165) is 0 Å². The highest BCUT2D eigenvalue weighted by Crippen LogP contribution is 2.51. The predicted octanol–water partition coefficient (Wildman–Crippen LogP) is 2.76. The fourth-order valence-electron chi connectivity index (χ4n) is 3.72. The van der Waals surface area contributed by atoms with Gasteiger partial charge in [0.15, 0.2) is 6.23 Å². The molecule has 1 unspecified atom stereocenters. The summed E-state index contributed by atoms with van der Waals surface area (Å²) in [6, 6.07) is 7.95. The molecule has 3 rings (SSSR count). The molecule has 1 fully saturated rings. The van der Waals surface area contributed by atoms with E-state index in [1.54, 1.807) is 37.0 Å². The van der Waals surface area contributed by atoms with Gasteiger partial charge in [-0.1, -0.05) is 25.1 Å². The van der Waals surface area contributed by atoms with Crippen LogP contribution in [-0.2, 0) is 23.4 Å². The van der Waals surface area contributed by atoms with Crippen LogP contribution in [0.5, 0.6) is 5.75 Å². The molecular formula is C23H28ClF2N2O9P. The molecule has 38 heavy (non-hydrogen) atoms. The SMILES string of the molecule is CC(C)OC(=O)[C@H](C)C[P@@](=O)(OC[C@H]1O[C@@H](n2cc(F)c(=O)[nH]c2=O)C(Cl)(CF)[C@H]1O)Oc1ccccc1. The van der Waals surface area contributed by atoms with Crippen molar-refractivity contribution in [3.8, 4) is 5.75 Å². The summed E-state index contributed by atoms with van der Waals surface area (Å²) in [7, 11) is -4.14. The van der Waals surface area contributed by atoms with Gasteiger partial charge in [0, 0.05) is 0 Å². The molecule has 210 valence electrons. The zero-order chi connectivity index (χ0) is 28.3. The summed E-state index contributed by atoms with van der Waals surface area (Å²) in [5.41, 5.74) is -2.47. The maximum atomic E-state index is 14.1. The molecule has 11 nitrogen and oxygen atoms in total. The van der Waals surface area contributed by atoms with Gasteiger partial charge >= 0.3 is 19.3 Å². The van der Waals surface area contributed by atoms with Crippen LogP contribution in [0.4, 0.5) is 8.78 Å². The van der Waals surface area contributed by atoms with Gasteiger partial charge in [-0.15, -0.1) is 11.6 Å². The molecular weight excluding hydrogens is 553 g/mol. The number of aromatic nitrogens is 2. The largest absolute Gasteiger partial charge is 0.463 e. The fourth-order valence-corrected chi connectivity index (χ4v) is 5.89. The first-order valence-electron chi connectivity index (χ1n) is 11.6. The van der Waals surface area contributed by atoms with Gasteiger partial charge in [0.2, 0.25) is 5.82 Å². The molecule has 0 saturated carbocycles. The van der Waals surface area contributed by atoms with Gasteiger partial charge in [0.1, 0.15) is 29.5 Å². The Balaban J connectivity index is 1.85. The molecule has 15 heteroatoms. The summed E-state index contributed by atoms with van der Waals surface area (Å²) < 4.78 is 64.0. The van der Waals surface area contributed by atoms with Crippen molar-refractivity contribution in [2.24, 2.45) is 5.92 Å². The van der Waals surface area contributed by atoms with Gasteiger partial charge in [-0.2, -0.15) is 4.39 Å². The Bertz CT molecular complexity index is 1290. The minimum absolute atomic E-state index is 0.164. The van der Waals surface area contributed by atoms with Gasteiger partial charge in [-0.3, -0.25) is 23.7 Å². The second-order valence-corrected chi connectivity index (χ2v) is 11.8. The molecule has 1 saturated heterocycles. The average Bonchev–Trinajstić information content (AvgIpc) is 3.10. The van der Waals surface area contributed by atoms with E-state index in [4.69, 9.17) is 30.1 Å². The molecule has 2 heterocycles. The Morgan fingerprint density at radius 3 is 2.55 bits per heavy atom. The maximum absolute atomic E-state index is 14.1. The van der Waals surface area contributed by atoms with Crippen LogP contribution < -0.4 is 15.8 Å². The minimum Gasteiger partial charge on any atom is -0.463 e. The zero-order valence-electron chi connectivity index (χ0n) is 20.7. The first-order valence-corrected chi connectivity index (χ1v) is 13.7. The number of aromatic amines is 1. The number of para-hydroxylation sites is 1. The number of esters is 1. The highest BCUT2D eigenvalue weighted by Gasteiger charge is 2.57. The van der Waals surface area contributed by atoms with Crippen molar-refractivity contribution in [2.75, 3.05) is 19.4 Å². The number of alkyl halides is 2. The lowest BCUT2D eigenvalue weighted by molar-refractivity contribution is -0.151. The Labute approximate surface area is 221 Å². The summed E-state index contributed by atoms with van der Waals surface area (Å²) in [4.78, 5) is 35.4. The first-order chi connectivity index (χ1) is 17.8. The number of hydrogen-bond donors (Lipinski definition) is 2. The number of benzene rings is 1.